The summed E-state index contributed by atoms with van der Waals surface area (Å²) in [6.45, 7) is 21.9. The number of esters is 1. The maximum Gasteiger partial charge on any atom is 0.472 e. The Morgan fingerprint density at radius 1 is 0.842 bits per heavy atom. The molecule has 0 aromatic heterocycles. The van der Waals surface area contributed by atoms with Crippen molar-refractivity contribution in [1.29, 1.82) is 0 Å². The van der Waals surface area contributed by atoms with Gasteiger partial charge in [0.2, 0.25) is 0 Å². The van der Waals surface area contributed by atoms with Crippen LogP contribution in [0.3, 0.4) is 0 Å². The molecule has 0 aliphatic heterocycles. The van der Waals surface area contributed by atoms with Gasteiger partial charge >= 0.3 is 19.8 Å². The number of phosphoric ester groups is 1. The summed E-state index contributed by atoms with van der Waals surface area (Å²) in [6.07, 6.45) is 0.878. The zero-order valence-electron chi connectivity index (χ0n) is 26.6. The first-order valence-corrected chi connectivity index (χ1v) is 14.9. The van der Waals surface area contributed by atoms with Crippen LogP contribution in [0.15, 0.2) is 0 Å². The summed E-state index contributed by atoms with van der Waals surface area (Å²) < 4.78 is 28.4. The minimum Gasteiger partial charge on any atom is -0.481 e. The Labute approximate surface area is 231 Å². The number of aliphatic carboxylic acids is 1. The summed E-state index contributed by atoms with van der Waals surface area (Å²) >= 11 is 0. The Morgan fingerprint density at radius 3 is 1.71 bits per heavy atom. The number of phosphoric acid groups is 1. The predicted molar refractivity (Wildman–Crippen MR) is 151 cm³/mol. The quantitative estimate of drug-likeness (QED) is 0.107. The summed E-state index contributed by atoms with van der Waals surface area (Å²) in [5.41, 5.74) is -2.90. The van der Waals surface area contributed by atoms with E-state index in [9.17, 15) is 24.2 Å². The lowest BCUT2D eigenvalue weighted by molar-refractivity contribution is -0.870. The van der Waals surface area contributed by atoms with Gasteiger partial charge in [-0.25, -0.2) is 4.57 Å². The van der Waals surface area contributed by atoms with E-state index in [1.807, 2.05) is 76.5 Å². The van der Waals surface area contributed by atoms with Crippen LogP contribution in [0.4, 0.5) is 0 Å². The van der Waals surface area contributed by atoms with E-state index in [1.165, 1.54) is 0 Å². The second kappa shape index (κ2) is 12.7. The summed E-state index contributed by atoms with van der Waals surface area (Å²) in [4.78, 5) is 35.8. The molecular weight excluding hydrogens is 509 g/mol. The van der Waals surface area contributed by atoms with E-state index >= 15 is 0 Å². The Balaban J connectivity index is 5.74. The SMILES string of the molecule is CC(C)(C)CC(C)(C(=O)OCCOP(=O)(O)OCC[N+](C)(C)C)C(C)(C)C(C)(C)CC(C(=O)O)C(C)(C)C. The topological polar surface area (TPSA) is 119 Å². The van der Waals surface area contributed by atoms with Crippen molar-refractivity contribution in [3.8, 4) is 0 Å². The minimum atomic E-state index is -4.27. The Kier molecular flexibility index (Phi) is 12.3. The summed E-state index contributed by atoms with van der Waals surface area (Å²) in [5, 5.41) is 9.98. The largest absolute Gasteiger partial charge is 0.481 e. The lowest BCUT2D eigenvalue weighted by Crippen LogP contribution is -2.54. The molecule has 0 rings (SSSR count). The van der Waals surface area contributed by atoms with Crippen LogP contribution in [-0.2, 0) is 27.9 Å². The number of nitrogens with zero attached hydrogens (tertiary/aromatic N) is 1. The maximum absolute atomic E-state index is 13.7. The molecule has 38 heavy (non-hydrogen) atoms. The van der Waals surface area contributed by atoms with Gasteiger partial charge in [-0.3, -0.25) is 18.6 Å². The van der Waals surface area contributed by atoms with E-state index in [0.717, 1.165) is 0 Å². The number of hydrogen-bond donors (Lipinski definition) is 2. The average Bonchev–Trinajstić information content (AvgIpc) is 2.65. The van der Waals surface area contributed by atoms with Crippen LogP contribution in [0.25, 0.3) is 0 Å². The number of carboxylic acids is 1. The van der Waals surface area contributed by atoms with E-state index in [2.05, 4.69) is 20.8 Å². The van der Waals surface area contributed by atoms with Gasteiger partial charge in [0.15, 0.2) is 0 Å². The van der Waals surface area contributed by atoms with Crippen LogP contribution in [0.5, 0.6) is 0 Å². The molecule has 0 heterocycles. The highest BCUT2D eigenvalue weighted by Gasteiger charge is 2.57. The molecule has 0 aromatic rings. The molecule has 0 radical (unpaired) electrons. The first-order chi connectivity index (χ1) is 16.6. The van der Waals surface area contributed by atoms with Gasteiger partial charge in [0.25, 0.3) is 0 Å². The third-order valence-corrected chi connectivity index (χ3v) is 9.07. The zero-order chi connectivity index (χ0) is 30.6. The molecule has 0 aliphatic carbocycles. The van der Waals surface area contributed by atoms with Gasteiger partial charge in [-0.2, -0.15) is 0 Å². The standard InChI is InChI=1S/C28H56NO8P/c1-24(2,3)20-28(11,27(9,10)26(7,8)19-21(22(30)31)25(4,5)6)23(32)35-17-18-37-38(33,34)36-16-15-29(12,13)14/h21H,15-20H2,1-14H3,(H-,30,31,33,34)/p+1. The molecule has 0 fully saturated rings. The number of rotatable bonds is 15. The molecule has 3 atom stereocenters. The van der Waals surface area contributed by atoms with Crippen molar-refractivity contribution in [2.24, 2.45) is 33.0 Å². The molecule has 0 saturated heterocycles. The van der Waals surface area contributed by atoms with E-state index in [-0.39, 0.29) is 25.2 Å². The number of carboxylic acid groups (broad SMARTS) is 1. The van der Waals surface area contributed by atoms with Gasteiger partial charge in [-0.15, -0.1) is 0 Å². The number of carbonyl (C=O) groups is 2. The fourth-order valence-corrected chi connectivity index (χ4v) is 5.49. The highest BCUT2D eigenvalue weighted by atomic mass is 31.2. The summed E-state index contributed by atoms with van der Waals surface area (Å²) in [7, 11) is 1.55. The van der Waals surface area contributed by atoms with Gasteiger partial charge in [0, 0.05) is 0 Å². The lowest BCUT2D eigenvalue weighted by Gasteiger charge is -2.55. The molecule has 0 aliphatic rings. The van der Waals surface area contributed by atoms with E-state index in [4.69, 9.17) is 13.8 Å². The van der Waals surface area contributed by atoms with Crippen molar-refractivity contribution in [2.75, 3.05) is 47.5 Å². The van der Waals surface area contributed by atoms with Crippen molar-refractivity contribution in [3.05, 3.63) is 0 Å². The summed E-state index contributed by atoms with van der Waals surface area (Å²) in [5.74, 6) is -1.90. The highest BCUT2D eigenvalue weighted by Crippen LogP contribution is 2.59. The first kappa shape index (κ1) is 37.0. The average molecular weight is 567 g/mol. The molecule has 2 N–H and O–H groups in total. The van der Waals surface area contributed by atoms with Crippen LogP contribution < -0.4 is 0 Å². The van der Waals surface area contributed by atoms with E-state index in [0.29, 0.717) is 23.9 Å². The maximum atomic E-state index is 13.7. The predicted octanol–water partition coefficient (Wildman–Crippen LogP) is 6.00. The fourth-order valence-electron chi connectivity index (χ4n) is 4.80. The molecule has 0 amide bonds. The summed E-state index contributed by atoms with van der Waals surface area (Å²) in [6, 6.07) is 0. The van der Waals surface area contributed by atoms with Crippen LogP contribution in [0.1, 0.15) is 89.0 Å². The number of carbonyl (C=O) groups excluding carboxylic acids is 1. The Hall–Kier alpha value is -0.990. The van der Waals surface area contributed by atoms with Crippen molar-refractivity contribution in [2.45, 2.75) is 89.0 Å². The molecule has 0 spiro atoms. The van der Waals surface area contributed by atoms with Gasteiger partial charge in [0.1, 0.15) is 19.8 Å². The monoisotopic (exact) mass is 566 g/mol. The minimum absolute atomic E-state index is 0.0515. The number of ether oxygens (including phenoxy) is 1. The molecule has 9 nitrogen and oxygen atoms in total. The molecule has 0 bridgehead atoms. The molecule has 0 saturated carbocycles. The van der Waals surface area contributed by atoms with E-state index in [1.54, 1.807) is 0 Å². The van der Waals surface area contributed by atoms with Gasteiger partial charge < -0.3 is 19.2 Å². The second-order valence-corrected chi connectivity index (χ2v) is 16.8. The zero-order valence-corrected chi connectivity index (χ0v) is 27.5. The smallest absolute Gasteiger partial charge is 0.472 e. The van der Waals surface area contributed by atoms with Crippen LogP contribution >= 0.6 is 7.82 Å². The molecule has 10 heteroatoms. The number of likely N-dealkylation sites (N-methyl/N-ethyl adjacent to an activating group) is 1. The van der Waals surface area contributed by atoms with E-state index < -0.39 is 47.3 Å². The second-order valence-electron chi connectivity index (χ2n) is 15.3. The number of quaternary nitrogens is 1. The van der Waals surface area contributed by atoms with Crippen molar-refractivity contribution >= 4 is 19.8 Å². The molecule has 226 valence electrons. The Morgan fingerprint density at radius 2 is 1.32 bits per heavy atom. The van der Waals surface area contributed by atoms with Crippen LogP contribution in [0, 0.1) is 33.0 Å². The fraction of sp³-hybridized carbons (Fsp3) is 0.929. The third-order valence-electron chi connectivity index (χ3n) is 8.05. The molecule has 0 aromatic carbocycles. The van der Waals surface area contributed by atoms with Crippen molar-refractivity contribution < 1.29 is 42.4 Å². The van der Waals surface area contributed by atoms with Gasteiger partial charge in [-0.05, 0) is 41.4 Å². The number of hydrogen-bond acceptors (Lipinski definition) is 6. The van der Waals surface area contributed by atoms with Gasteiger partial charge in [0.05, 0.1) is 39.1 Å². The van der Waals surface area contributed by atoms with Crippen molar-refractivity contribution in [3.63, 3.8) is 0 Å². The van der Waals surface area contributed by atoms with Gasteiger partial charge in [-0.1, -0.05) is 69.2 Å². The lowest BCUT2D eigenvalue weighted by atomic mass is 9.49. The van der Waals surface area contributed by atoms with Crippen LogP contribution in [-0.4, -0.2) is 73.9 Å². The first-order valence-electron chi connectivity index (χ1n) is 13.4. The van der Waals surface area contributed by atoms with Crippen LogP contribution in [0.2, 0.25) is 0 Å². The molecular formula is C28H57NO8P+. The highest BCUT2D eigenvalue weighted by molar-refractivity contribution is 7.47. The Bertz CT molecular complexity index is 848. The molecule has 3 unspecified atom stereocenters. The normalized spacial score (nSPS) is 17.9. The van der Waals surface area contributed by atoms with Crippen molar-refractivity contribution in [1.82, 2.24) is 0 Å². The third kappa shape index (κ3) is 11.2.